The number of piperidine rings is 1. The average molecular weight is 407 g/mol. The van der Waals surface area contributed by atoms with E-state index in [0.29, 0.717) is 6.04 Å². The van der Waals surface area contributed by atoms with E-state index in [4.69, 9.17) is 9.40 Å². The molecule has 0 radical (unpaired) electrons. The molecule has 7 heteroatoms. The molecule has 0 amide bonds. The van der Waals surface area contributed by atoms with Crippen LogP contribution in [-0.4, -0.2) is 44.1 Å². The van der Waals surface area contributed by atoms with Gasteiger partial charge in [-0.25, -0.2) is 15.0 Å². The molecule has 0 unspecified atom stereocenters. The summed E-state index contributed by atoms with van der Waals surface area (Å²) in [5, 5.41) is 0. The molecule has 2 aliphatic heterocycles. The van der Waals surface area contributed by atoms with Gasteiger partial charge in [0.2, 0.25) is 5.95 Å². The molecule has 5 heterocycles. The molecule has 1 spiro atoms. The van der Waals surface area contributed by atoms with Crippen LogP contribution in [0.25, 0.3) is 0 Å². The monoisotopic (exact) mass is 406 g/mol. The molecule has 1 saturated heterocycles. The van der Waals surface area contributed by atoms with Crippen LogP contribution in [0.3, 0.4) is 0 Å². The Morgan fingerprint density at radius 2 is 1.90 bits per heavy atom. The fraction of sp³-hybridized carbons (Fsp3) is 0.522. The molecule has 3 aromatic rings. The number of anilines is 1. The van der Waals surface area contributed by atoms with Crippen LogP contribution in [0.4, 0.5) is 5.95 Å². The zero-order valence-electron chi connectivity index (χ0n) is 18.1. The fourth-order valence-corrected chi connectivity index (χ4v) is 5.34. The van der Waals surface area contributed by atoms with Crippen molar-refractivity contribution in [2.24, 2.45) is 0 Å². The van der Waals surface area contributed by atoms with E-state index in [0.717, 1.165) is 63.1 Å². The molecule has 0 aromatic carbocycles. The lowest BCUT2D eigenvalue weighted by molar-refractivity contribution is 0.130. The second-order valence-electron chi connectivity index (χ2n) is 8.96. The van der Waals surface area contributed by atoms with Crippen LogP contribution < -0.4 is 4.90 Å². The number of aryl methyl sites for hydroxylation is 1. The Bertz CT molecular complexity index is 986. The van der Waals surface area contributed by atoms with Crippen LogP contribution in [0, 0.1) is 6.92 Å². The quantitative estimate of drug-likeness (QED) is 0.658. The third kappa shape index (κ3) is 3.31. The first-order chi connectivity index (χ1) is 14.6. The lowest BCUT2D eigenvalue weighted by Crippen LogP contribution is -2.52. The van der Waals surface area contributed by atoms with Crippen molar-refractivity contribution in [2.75, 3.05) is 24.5 Å². The molecule has 0 atom stereocenters. The molecule has 2 aliphatic rings. The fourth-order valence-electron chi connectivity index (χ4n) is 5.34. The lowest BCUT2D eigenvalue weighted by Gasteiger charge is -2.47. The summed E-state index contributed by atoms with van der Waals surface area (Å²) in [6.07, 6.45) is 7.53. The van der Waals surface area contributed by atoms with Gasteiger partial charge in [0.1, 0.15) is 11.6 Å². The predicted octanol–water partition coefficient (Wildman–Crippen LogP) is 3.71. The topological polar surface area (TPSA) is 63.2 Å². The van der Waals surface area contributed by atoms with Crippen LogP contribution in [0.15, 0.2) is 41.3 Å². The van der Waals surface area contributed by atoms with Crippen LogP contribution in [0.2, 0.25) is 0 Å². The number of fused-ring (bicyclic) bond motifs is 2. The Morgan fingerprint density at radius 1 is 1.13 bits per heavy atom. The summed E-state index contributed by atoms with van der Waals surface area (Å²) >= 11 is 0. The highest BCUT2D eigenvalue weighted by Gasteiger charge is 2.45. The van der Waals surface area contributed by atoms with Crippen molar-refractivity contribution in [3.63, 3.8) is 0 Å². The first-order valence-electron chi connectivity index (χ1n) is 10.9. The summed E-state index contributed by atoms with van der Waals surface area (Å²) in [5.41, 5.74) is 2.76. The van der Waals surface area contributed by atoms with Crippen molar-refractivity contribution >= 4 is 5.95 Å². The van der Waals surface area contributed by atoms with Crippen molar-refractivity contribution in [3.8, 4) is 0 Å². The number of aromatic nitrogens is 4. The van der Waals surface area contributed by atoms with Crippen molar-refractivity contribution in [1.29, 1.82) is 0 Å². The van der Waals surface area contributed by atoms with Crippen LogP contribution in [0.5, 0.6) is 0 Å². The molecule has 5 rings (SSSR count). The normalized spacial score (nSPS) is 18.9. The number of furan rings is 1. The number of hydrogen-bond donors (Lipinski definition) is 0. The Kier molecular flexibility index (Phi) is 4.85. The van der Waals surface area contributed by atoms with E-state index in [2.05, 4.69) is 51.2 Å². The van der Waals surface area contributed by atoms with Gasteiger partial charge in [-0.3, -0.25) is 4.90 Å². The molecule has 0 N–H and O–H groups in total. The van der Waals surface area contributed by atoms with Gasteiger partial charge in [-0.1, -0.05) is 0 Å². The number of imidazole rings is 1. The average Bonchev–Trinajstić information content (AvgIpc) is 3.37. The van der Waals surface area contributed by atoms with Gasteiger partial charge >= 0.3 is 0 Å². The SMILES string of the molecule is Cc1nc2c(n1C(C)C)CN(Cc1ccco1)CC21CCN(c2ncccn2)CC1. The highest BCUT2D eigenvalue weighted by molar-refractivity contribution is 5.36. The van der Waals surface area contributed by atoms with Crippen molar-refractivity contribution in [1.82, 2.24) is 24.4 Å². The van der Waals surface area contributed by atoms with E-state index in [1.807, 2.05) is 24.5 Å². The van der Waals surface area contributed by atoms with Gasteiger partial charge in [-0.2, -0.15) is 0 Å². The lowest BCUT2D eigenvalue weighted by atomic mass is 9.72. The van der Waals surface area contributed by atoms with E-state index in [1.54, 1.807) is 6.26 Å². The molecular formula is C23H30N6O. The van der Waals surface area contributed by atoms with Gasteiger partial charge in [-0.15, -0.1) is 0 Å². The highest BCUT2D eigenvalue weighted by Crippen LogP contribution is 2.43. The summed E-state index contributed by atoms with van der Waals surface area (Å²) in [4.78, 5) is 18.9. The van der Waals surface area contributed by atoms with Crippen molar-refractivity contribution in [3.05, 3.63) is 59.8 Å². The molecule has 0 bridgehead atoms. The third-order valence-corrected chi connectivity index (χ3v) is 6.62. The van der Waals surface area contributed by atoms with Crippen LogP contribution in [0.1, 0.15) is 55.7 Å². The molecule has 158 valence electrons. The summed E-state index contributed by atoms with van der Waals surface area (Å²) in [5.74, 6) is 2.99. The van der Waals surface area contributed by atoms with Gasteiger partial charge in [-0.05, 0) is 51.8 Å². The standard InChI is InChI=1S/C23H30N6O/c1-17(2)29-18(3)26-21-20(29)15-27(14-19-6-4-13-30-19)16-23(21)7-11-28(12-8-23)22-24-9-5-10-25-22/h4-6,9-10,13,17H,7-8,11-12,14-16H2,1-3H3. The van der Waals surface area contributed by atoms with Crippen molar-refractivity contribution < 1.29 is 4.42 Å². The maximum absolute atomic E-state index is 5.67. The summed E-state index contributed by atoms with van der Waals surface area (Å²) in [6, 6.07) is 6.32. The largest absolute Gasteiger partial charge is 0.468 e. The third-order valence-electron chi connectivity index (χ3n) is 6.62. The Labute approximate surface area is 177 Å². The van der Waals surface area contributed by atoms with Gasteiger partial charge in [0.25, 0.3) is 0 Å². The minimum atomic E-state index is 0.0658. The first-order valence-corrected chi connectivity index (χ1v) is 10.9. The summed E-state index contributed by atoms with van der Waals surface area (Å²) in [6.45, 7) is 11.3. The predicted molar refractivity (Wildman–Crippen MR) is 115 cm³/mol. The molecule has 7 nitrogen and oxygen atoms in total. The van der Waals surface area contributed by atoms with E-state index >= 15 is 0 Å². The molecule has 1 fully saturated rings. The minimum absolute atomic E-state index is 0.0658. The van der Waals surface area contributed by atoms with E-state index in [-0.39, 0.29) is 5.41 Å². The molecule has 0 aliphatic carbocycles. The van der Waals surface area contributed by atoms with Crippen molar-refractivity contribution in [2.45, 2.75) is 58.2 Å². The molecule has 0 saturated carbocycles. The zero-order chi connectivity index (χ0) is 20.7. The van der Waals surface area contributed by atoms with Crippen LogP contribution >= 0.6 is 0 Å². The Hall–Kier alpha value is -2.67. The summed E-state index contributed by atoms with van der Waals surface area (Å²) < 4.78 is 8.10. The van der Waals surface area contributed by atoms with Gasteiger partial charge < -0.3 is 13.9 Å². The van der Waals surface area contributed by atoms with E-state index in [9.17, 15) is 0 Å². The van der Waals surface area contributed by atoms with Crippen LogP contribution in [-0.2, 0) is 18.5 Å². The van der Waals surface area contributed by atoms with Gasteiger partial charge in [0.15, 0.2) is 0 Å². The molecule has 30 heavy (non-hydrogen) atoms. The second kappa shape index (κ2) is 7.54. The number of rotatable bonds is 4. The highest BCUT2D eigenvalue weighted by atomic mass is 16.3. The maximum Gasteiger partial charge on any atom is 0.225 e. The number of hydrogen-bond acceptors (Lipinski definition) is 6. The Morgan fingerprint density at radius 3 is 2.57 bits per heavy atom. The molecule has 3 aromatic heterocycles. The van der Waals surface area contributed by atoms with E-state index < -0.39 is 0 Å². The zero-order valence-corrected chi connectivity index (χ0v) is 18.1. The summed E-state index contributed by atoms with van der Waals surface area (Å²) in [7, 11) is 0. The second-order valence-corrected chi connectivity index (χ2v) is 8.96. The van der Waals surface area contributed by atoms with Gasteiger partial charge in [0.05, 0.1) is 24.2 Å². The van der Waals surface area contributed by atoms with E-state index in [1.165, 1.54) is 11.4 Å². The maximum atomic E-state index is 5.67. The number of nitrogens with zero attached hydrogens (tertiary/aromatic N) is 6. The minimum Gasteiger partial charge on any atom is -0.468 e. The first kappa shape index (κ1) is 19.3. The molecular weight excluding hydrogens is 376 g/mol. The van der Waals surface area contributed by atoms with Gasteiger partial charge in [0, 0.05) is 50.0 Å². The Balaban J connectivity index is 1.47. The smallest absolute Gasteiger partial charge is 0.225 e.